The van der Waals surface area contributed by atoms with E-state index in [1.165, 1.54) is 5.57 Å². The minimum atomic E-state index is 0.527. The summed E-state index contributed by atoms with van der Waals surface area (Å²) in [5, 5.41) is 7.87. The molecule has 0 saturated heterocycles. The molecule has 0 aliphatic carbocycles. The second-order valence-electron chi connectivity index (χ2n) is 5.87. The summed E-state index contributed by atoms with van der Waals surface area (Å²) in [5.74, 6) is 0.847. The van der Waals surface area contributed by atoms with Crippen LogP contribution in [0.5, 0.6) is 5.75 Å². The molecule has 5 heteroatoms. The molecule has 0 amide bonds. The highest BCUT2D eigenvalue weighted by Crippen LogP contribution is 2.25. The van der Waals surface area contributed by atoms with Crippen LogP contribution in [0.15, 0.2) is 12.3 Å². The van der Waals surface area contributed by atoms with Crippen molar-refractivity contribution in [3.63, 3.8) is 0 Å². The van der Waals surface area contributed by atoms with Crippen LogP contribution in [-0.4, -0.2) is 55.0 Å². The van der Waals surface area contributed by atoms with E-state index in [1.807, 2.05) is 4.68 Å². The van der Waals surface area contributed by atoms with Crippen molar-refractivity contribution in [1.29, 1.82) is 0 Å². The molecule has 0 radical (unpaired) electrons. The molecular weight excluding hydrogens is 264 g/mol. The van der Waals surface area contributed by atoms with Gasteiger partial charge in [0.15, 0.2) is 5.75 Å². The molecule has 0 bridgehead atoms. The van der Waals surface area contributed by atoms with Crippen molar-refractivity contribution in [3.8, 4) is 5.75 Å². The van der Waals surface area contributed by atoms with Crippen LogP contribution in [0.2, 0.25) is 0 Å². The quantitative estimate of drug-likeness (QED) is 0.709. The van der Waals surface area contributed by atoms with Crippen molar-refractivity contribution in [2.75, 3.05) is 34.3 Å². The highest BCUT2D eigenvalue weighted by atomic mass is 16.5. The summed E-state index contributed by atoms with van der Waals surface area (Å²) in [5.41, 5.74) is 2.30. The summed E-state index contributed by atoms with van der Waals surface area (Å²) in [6.07, 6.45) is 5.06. The average Bonchev–Trinajstić information content (AvgIpc) is 2.83. The zero-order valence-electron chi connectivity index (χ0n) is 14.3. The third-order valence-electron chi connectivity index (χ3n) is 3.31. The van der Waals surface area contributed by atoms with E-state index in [0.29, 0.717) is 6.04 Å². The van der Waals surface area contributed by atoms with E-state index in [-0.39, 0.29) is 0 Å². The first kappa shape index (κ1) is 17.7. The average molecular weight is 294 g/mol. The first-order chi connectivity index (χ1) is 9.95. The van der Waals surface area contributed by atoms with Gasteiger partial charge in [-0.15, -0.1) is 0 Å². The highest BCUT2D eigenvalue weighted by Gasteiger charge is 2.13. The summed E-state index contributed by atoms with van der Waals surface area (Å²) in [4.78, 5) is 2.16. The summed E-state index contributed by atoms with van der Waals surface area (Å²) in [6.45, 7) is 9.26. The van der Waals surface area contributed by atoms with Crippen molar-refractivity contribution in [3.05, 3.63) is 18.0 Å². The summed E-state index contributed by atoms with van der Waals surface area (Å²) < 4.78 is 7.47. The molecule has 0 spiro atoms. The minimum absolute atomic E-state index is 0.527. The van der Waals surface area contributed by atoms with Gasteiger partial charge in [0.1, 0.15) is 5.69 Å². The van der Waals surface area contributed by atoms with E-state index >= 15 is 0 Å². The molecule has 0 aliphatic rings. The molecule has 0 unspecified atom stereocenters. The van der Waals surface area contributed by atoms with E-state index in [2.05, 4.69) is 56.3 Å². The van der Waals surface area contributed by atoms with Crippen molar-refractivity contribution in [1.82, 2.24) is 20.0 Å². The van der Waals surface area contributed by atoms with Crippen molar-refractivity contribution in [2.45, 2.75) is 39.8 Å². The number of likely N-dealkylation sites (N-methyl/N-ethyl adjacent to an activating group) is 1. The Labute approximate surface area is 129 Å². The molecule has 1 heterocycles. The van der Waals surface area contributed by atoms with E-state index < -0.39 is 0 Å². The fourth-order valence-corrected chi connectivity index (χ4v) is 2.14. The van der Waals surface area contributed by atoms with Gasteiger partial charge in [0.05, 0.1) is 19.9 Å². The van der Waals surface area contributed by atoms with Crippen LogP contribution < -0.4 is 10.1 Å². The zero-order valence-corrected chi connectivity index (χ0v) is 14.3. The van der Waals surface area contributed by atoms with E-state index in [1.54, 1.807) is 13.3 Å². The lowest BCUT2D eigenvalue weighted by atomic mass is 10.1. The fraction of sp³-hybridized carbons (Fsp3) is 0.688. The first-order valence-corrected chi connectivity index (χ1v) is 7.60. The summed E-state index contributed by atoms with van der Waals surface area (Å²) >= 11 is 0. The maximum atomic E-state index is 5.45. The highest BCUT2D eigenvalue weighted by molar-refractivity contribution is 5.65. The second-order valence-corrected chi connectivity index (χ2v) is 5.87. The smallest absolute Gasteiger partial charge is 0.164 e. The molecule has 5 nitrogen and oxygen atoms in total. The Hall–Kier alpha value is -1.33. The zero-order chi connectivity index (χ0) is 15.8. The molecule has 0 atom stereocenters. The fourth-order valence-electron chi connectivity index (χ4n) is 2.14. The molecule has 1 aromatic heterocycles. The maximum absolute atomic E-state index is 5.45. The first-order valence-electron chi connectivity index (χ1n) is 7.60. The Morgan fingerprint density at radius 1 is 1.48 bits per heavy atom. The normalized spacial score (nSPS) is 12.5. The standard InChI is InChI=1S/C16H30N4O/c1-13(2)17-9-7-8-14(3)16-15(21-6)12-18-20(16)11-10-19(4)5/h8,12-13,17H,7,9-11H2,1-6H3. The van der Waals surface area contributed by atoms with Gasteiger partial charge in [0.25, 0.3) is 0 Å². The van der Waals surface area contributed by atoms with Crippen molar-refractivity contribution < 1.29 is 4.74 Å². The Morgan fingerprint density at radius 2 is 2.19 bits per heavy atom. The molecule has 21 heavy (non-hydrogen) atoms. The number of hydrogen-bond acceptors (Lipinski definition) is 4. The monoisotopic (exact) mass is 294 g/mol. The van der Waals surface area contributed by atoms with Gasteiger partial charge in [-0.05, 0) is 39.6 Å². The van der Waals surface area contributed by atoms with Crippen LogP contribution >= 0.6 is 0 Å². The Bertz CT molecular complexity index is 449. The van der Waals surface area contributed by atoms with Gasteiger partial charge in [0, 0.05) is 12.6 Å². The second kappa shape index (κ2) is 8.85. The number of hydrogen-bond donors (Lipinski definition) is 1. The van der Waals surface area contributed by atoms with Crippen LogP contribution in [0.3, 0.4) is 0 Å². The van der Waals surface area contributed by atoms with Gasteiger partial charge < -0.3 is 15.0 Å². The molecular formula is C16H30N4O. The lowest BCUT2D eigenvalue weighted by molar-refractivity contribution is 0.370. The number of rotatable bonds is 9. The van der Waals surface area contributed by atoms with Crippen molar-refractivity contribution in [2.24, 2.45) is 0 Å². The van der Waals surface area contributed by atoms with Gasteiger partial charge in [0.2, 0.25) is 0 Å². The molecule has 0 aliphatic heterocycles. The number of aromatic nitrogens is 2. The third kappa shape index (κ3) is 5.89. The number of nitrogens with one attached hydrogen (secondary N) is 1. The number of nitrogens with zero attached hydrogens (tertiary/aromatic N) is 3. The van der Waals surface area contributed by atoms with Crippen LogP contribution in [0.1, 0.15) is 32.9 Å². The third-order valence-corrected chi connectivity index (χ3v) is 3.31. The predicted octanol–water partition coefficient (Wildman–Crippen LogP) is 2.24. The number of ether oxygens (including phenoxy) is 1. The molecule has 1 aromatic rings. The van der Waals surface area contributed by atoms with Gasteiger partial charge >= 0.3 is 0 Å². The number of allylic oxidation sites excluding steroid dienone is 1. The molecule has 1 N–H and O–H groups in total. The van der Waals surface area contributed by atoms with Gasteiger partial charge in [-0.1, -0.05) is 19.9 Å². The minimum Gasteiger partial charge on any atom is -0.493 e. The van der Waals surface area contributed by atoms with Gasteiger partial charge in [-0.2, -0.15) is 5.10 Å². The maximum Gasteiger partial charge on any atom is 0.164 e. The summed E-state index contributed by atoms with van der Waals surface area (Å²) in [7, 11) is 5.84. The van der Waals surface area contributed by atoms with Crippen LogP contribution in [0.25, 0.3) is 5.57 Å². The van der Waals surface area contributed by atoms with E-state index in [0.717, 1.165) is 37.5 Å². The molecule has 1 rings (SSSR count). The van der Waals surface area contributed by atoms with Crippen LogP contribution in [-0.2, 0) is 6.54 Å². The van der Waals surface area contributed by atoms with Gasteiger partial charge in [-0.3, -0.25) is 4.68 Å². The Balaban J connectivity index is 2.77. The Morgan fingerprint density at radius 3 is 2.76 bits per heavy atom. The van der Waals surface area contributed by atoms with Crippen LogP contribution in [0.4, 0.5) is 0 Å². The largest absolute Gasteiger partial charge is 0.493 e. The molecule has 120 valence electrons. The predicted molar refractivity (Wildman–Crippen MR) is 88.7 cm³/mol. The lowest BCUT2D eigenvalue weighted by Crippen LogP contribution is -2.23. The SMILES string of the molecule is COc1cnn(CCN(C)C)c1C(C)=CCCNC(C)C. The number of methoxy groups -OCH3 is 1. The Kier molecular flexibility index (Phi) is 7.47. The molecule has 0 saturated carbocycles. The van der Waals surface area contributed by atoms with Gasteiger partial charge in [-0.25, -0.2) is 0 Å². The van der Waals surface area contributed by atoms with E-state index in [4.69, 9.17) is 4.74 Å². The lowest BCUT2D eigenvalue weighted by Gasteiger charge is -2.13. The summed E-state index contributed by atoms with van der Waals surface area (Å²) in [6, 6.07) is 0.527. The molecule has 0 fully saturated rings. The van der Waals surface area contributed by atoms with Crippen LogP contribution in [0, 0.1) is 0 Å². The van der Waals surface area contributed by atoms with E-state index in [9.17, 15) is 0 Å². The topological polar surface area (TPSA) is 42.3 Å². The molecule has 0 aromatic carbocycles. The van der Waals surface area contributed by atoms with Crippen molar-refractivity contribution >= 4 is 5.57 Å².